The van der Waals surface area contributed by atoms with Gasteiger partial charge in [0.1, 0.15) is 0 Å². The van der Waals surface area contributed by atoms with Crippen molar-refractivity contribution in [2.75, 3.05) is 26.3 Å². The quantitative estimate of drug-likeness (QED) is 0.392. The number of carbonyl (C=O) groups is 2. The number of ether oxygens (including phenoxy) is 1. The molecule has 0 unspecified atom stereocenters. The van der Waals surface area contributed by atoms with E-state index >= 15 is 0 Å². The van der Waals surface area contributed by atoms with Crippen LogP contribution in [0.5, 0.6) is 0 Å². The molecule has 112 valence electrons. The van der Waals surface area contributed by atoms with Gasteiger partial charge in [0.05, 0.1) is 6.10 Å². The van der Waals surface area contributed by atoms with Crippen LogP contribution in [-0.2, 0) is 14.3 Å². The average molecular weight is 274 g/mol. The number of aliphatic hydroxyl groups excluding tert-OH is 1. The largest absolute Gasteiger partial charge is 0.396 e. The Balaban J connectivity index is 3.46. The Bertz CT molecular complexity index is 257. The highest BCUT2D eigenvalue weighted by atomic mass is 16.5. The third-order valence-electron chi connectivity index (χ3n) is 2.38. The molecule has 0 radical (unpaired) electrons. The van der Waals surface area contributed by atoms with E-state index < -0.39 is 11.8 Å². The summed E-state index contributed by atoms with van der Waals surface area (Å²) in [5.41, 5.74) is 0. The molecule has 6 heteroatoms. The Labute approximate surface area is 114 Å². The summed E-state index contributed by atoms with van der Waals surface area (Å²) < 4.78 is 5.31. The summed E-state index contributed by atoms with van der Waals surface area (Å²) in [7, 11) is 0. The van der Waals surface area contributed by atoms with Gasteiger partial charge in [-0.05, 0) is 39.5 Å². The van der Waals surface area contributed by atoms with Crippen LogP contribution < -0.4 is 10.6 Å². The van der Waals surface area contributed by atoms with Crippen LogP contribution in [0.25, 0.3) is 0 Å². The van der Waals surface area contributed by atoms with Crippen molar-refractivity contribution in [2.45, 2.75) is 45.6 Å². The highest BCUT2D eigenvalue weighted by Gasteiger charge is 2.11. The Kier molecular flexibility index (Phi) is 11.2. The minimum atomic E-state index is -0.605. The van der Waals surface area contributed by atoms with Crippen LogP contribution >= 0.6 is 0 Å². The smallest absolute Gasteiger partial charge is 0.309 e. The lowest BCUT2D eigenvalue weighted by molar-refractivity contribution is -0.139. The summed E-state index contributed by atoms with van der Waals surface area (Å²) >= 11 is 0. The Morgan fingerprint density at radius 3 is 2.11 bits per heavy atom. The van der Waals surface area contributed by atoms with Crippen LogP contribution in [0.4, 0.5) is 0 Å². The van der Waals surface area contributed by atoms with E-state index in [4.69, 9.17) is 9.84 Å². The number of hydrogen-bond acceptors (Lipinski definition) is 4. The predicted octanol–water partition coefficient (Wildman–Crippen LogP) is 0.197. The zero-order valence-electron chi connectivity index (χ0n) is 11.9. The summed E-state index contributed by atoms with van der Waals surface area (Å²) in [5.74, 6) is -1.21. The van der Waals surface area contributed by atoms with E-state index in [2.05, 4.69) is 10.6 Å². The maximum absolute atomic E-state index is 11.4. The number of rotatable bonds is 10. The van der Waals surface area contributed by atoms with Crippen LogP contribution in [-0.4, -0.2) is 49.3 Å². The Morgan fingerprint density at radius 1 is 1.00 bits per heavy atom. The van der Waals surface area contributed by atoms with Gasteiger partial charge < -0.3 is 20.5 Å². The molecule has 0 aliphatic carbocycles. The fourth-order valence-electron chi connectivity index (χ4n) is 1.37. The van der Waals surface area contributed by atoms with E-state index in [1.807, 2.05) is 13.8 Å². The molecule has 0 aliphatic heterocycles. The molecule has 0 saturated carbocycles. The topological polar surface area (TPSA) is 87.7 Å². The van der Waals surface area contributed by atoms with Gasteiger partial charge in [-0.2, -0.15) is 0 Å². The zero-order valence-corrected chi connectivity index (χ0v) is 11.9. The van der Waals surface area contributed by atoms with E-state index in [1.165, 1.54) is 0 Å². The molecule has 0 aromatic carbocycles. The summed E-state index contributed by atoms with van der Waals surface area (Å²) in [6.07, 6.45) is 3.19. The molecule has 2 amide bonds. The third-order valence-corrected chi connectivity index (χ3v) is 2.38. The molecular weight excluding hydrogens is 248 g/mol. The monoisotopic (exact) mass is 274 g/mol. The Hall–Kier alpha value is -1.14. The first-order valence-corrected chi connectivity index (χ1v) is 6.86. The normalized spacial score (nSPS) is 10.5. The standard InChI is InChI=1S/C13H26N2O4/c1-11(2)19-10-6-8-15-13(18)12(17)14-7-4-3-5-9-16/h11,16H,3-10H2,1-2H3,(H,14,17)(H,15,18). The highest BCUT2D eigenvalue weighted by molar-refractivity contribution is 6.35. The minimum absolute atomic E-state index is 0.160. The van der Waals surface area contributed by atoms with Gasteiger partial charge in [-0.1, -0.05) is 0 Å². The van der Waals surface area contributed by atoms with Gasteiger partial charge in [0, 0.05) is 26.3 Å². The molecule has 0 bridgehead atoms. The van der Waals surface area contributed by atoms with Gasteiger partial charge in [-0.15, -0.1) is 0 Å². The van der Waals surface area contributed by atoms with Crippen LogP contribution in [0.1, 0.15) is 39.5 Å². The van der Waals surface area contributed by atoms with Gasteiger partial charge in [-0.25, -0.2) is 0 Å². The molecule has 0 rings (SSSR count). The van der Waals surface area contributed by atoms with Gasteiger partial charge in [0.25, 0.3) is 0 Å². The summed E-state index contributed by atoms with van der Waals surface area (Å²) in [6.45, 7) is 5.52. The molecule has 19 heavy (non-hydrogen) atoms. The molecule has 0 saturated heterocycles. The van der Waals surface area contributed by atoms with E-state index in [1.54, 1.807) is 0 Å². The molecule has 0 spiro atoms. The maximum Gasteiger partial charge on any atom is 0.309 e. The SMILES string of the molecule is CC(C)OCCCNC(=O)C(=O)NCCCCCO. The van der Waals surface area contributed by atoms with Crippen LogP contribution in [0.15, 0.2) is 0 Å². The number of carbonyl (C=O) groups excluding carboxylic acids is 2. The van der Waals surface area contributed by atoms with E-state index in [-0.39, 0.29) is 12.7 Å². The average Bonchev–Trinajstić information content (AvgIpc) is 2.37. The summed E-state index contributed by atoms with van der Waals surface area (Å²) in [6, 6.07) is 0. The number of hydrogen-bond donors (Lipinski definition) is 3. The molecule has 3 N–H and O–H groups in total. The maximum atomic E-state index is 11.4. The van der Waals surface area contributed by atoms with Crippen molar-refractivity contribution in [3.8, 4) is 0 Å². The van der Waals surface area contributed by atoms with Crippen molar-refractivity contribution < 1.29 is 19.4 Å². The number of amides is 2. The number of aliphatic hydroxyl groups is 1. The molecule has 0 heterocycles. The first-order valence-electron chi connectivity index (χ1n) is 6.86. The summed E-state index contributed by atoms with van der Waals surface area (Å²) in [4.78, 5) is 22.7. The predicted molar refractivity (Wildman–Crippen MR) is 72.7 cm³/mol. The molecule has 6 nitrogen and oxygen atoms in total. The molecular formula is C13H26N2O4. The van der Waals surface area contributed by atoms with Crippen molar-refractivity contribution >= 4 is 11.8 Å². The lowest BCUT2D eigenvalue weighted by Gasteiger charge is -2.08. The minimum Gasteiger partial charge on any atom is -0.396 e. The molecule has 0 aromatic rings. The third kappa shape index (κ3) is 11.7. The highest BCUT2D eigenvalue weighted by Crippen LogP contribution is 1.92. The van der Waals surface area contributed by atoms with Gasteiger partial charge in [-0.3, -0.25) is 9.59 Å². The lowest BCUT2D eigenvalue weighted by Crippen LogP contribution is -2.40. The van der Waals surface area contributed by atoms with Crippen molar-refractivity contribution in [1.82, 2.24) is 10.6 Å². The first-order chi connectivity index (χ1) is 9.07. The van der Waals surface area contributed by atoms with Gasteiger partial charge >= 0.3 is 11.8 Å². The van der Waals surface area contributed by atoms with Crippen molar-refractivity contribution in [2.24, 2.45) is 0 Å². The summed E-state index contributed by atoms with van der Waals surface area (Å²) in [5, 5.41) is 13.7. The molecule has 0 aliphatic rings. The van der Waals surface area contributed by atoms with Crippen molar-refractivity contribution in [3.63, 3.8) is 0 Å². The second-order valence-corrected chi connectivity index (χ2v) is 4.57. The van der Waals surface area contributed by atoms with Crippen LogP contribution in [0, 0.1) is 0 Å². The molecule has 0 atom stereocenters. The van der Waals surface area contributed by atoms with E-state index in [0.717, 1.165) is 19.3 Å². The van der Waals surface area contributed by atoms with Crippen LogP contribution in [0.2, 0.25) is 0 Å². The number of nitrogens with one attached hydrogen (secondary N) is 2. The Morgan fingerprint density at radius 2 is 1.58 bits per heavy atom. The van der Waals surface area contributed by atoms with Gasteiger partial charge in [0.15, 0.2) is 0 Å². The second kappa shape index (κ2) is 11.9. The van der Waals surface area contributed by atoms with Crippen molar-refractivity contribution in [1.29, 1.82) is 0 Å². The van der Waals surface area contributed by atoms with Crippen LogP contribution in [0.3, 0.4) is 0 Å². The molecule has 0 aromatic heterocycles. The lowest BCUT2D eigenvalue weighted by atomic mass is 10.2. The first kappa shape index (κ1) is 17.9. The zero-order chi connectivity index (χ0) is 14.5. The number of unbranched alkanes of at least 4 members (excludes halogenated alkanes) is 2. The van der Waals surface area contributed by atoms with E-state index in [9.17, 15) is 9.59 Å². The second-order valence-electron chi connectivity index (χ2n) is 4.57. The fraction of sp³-hybridized carbons (Fsp3) is 0.846. The van der Waals surface area contributed by atoms with E-state index in [0.29, 0.717) is 26.1 Å². The van der Waals surface area contributed by atoms with Gasteiger partial charge in [0.2, 0.25) is 0 Å². The fourth-order valence-corrected chi connectivity index (χ4v) is 1.37. The molecule has 0 fully saturated rings. The van der Waals surface area contributed by atoms with Crippen molar-refractivity contribution in [3.05, 3.63) is 0 Å².